The Kier molecular flexibility index (Phi) is 3.21. The van der Waals surface area contributed by atoms with Crippen molar-refractivity contribution in [2.24, 2.45) is 0 Å². The van der Waals surface area contributed by atoms with Gasteiger partial charge in [0.1, 0.15) is 0 Å². The van der Waals surface area contributed by atoms with E-state index in [9.17, 15) is 0 Å². The molecule has 0 saturated heterocycles. The smallest absolute Gasteiger partial charge is 0.0951 e. The molecule has 0 aliphatic carbocycles. The minimum Gasteiger partial charge on any atom is -0.397 e. The van der Waals surface area contributed by atoms with Crippen LogP contribution in [0.2, 0.25) is 0 Å². The highest BCUT2D eigenvalue weighted by atomic mass is 14.9. The average Bonchev–Trinajstić information content (AvgIpc) is 2.47. The van der Waals surface area contributed by atoms with E-state index in [-0.39, 0.29) is 0 Å². The zero-order chi connectivity index (χ0) is 13.9. The number of nitrogens with two attached hydrogens (primary N) is 1. The van der Waals surface area contributed by atoms with Gasteiger partial charge in [-0.1, -0.05) is 12.1 Å². The number of anilines is 2. The lowest BCUT2D eigenvalue weighted by molar-refractivity contribution is 1.09. The van der Waals surface area contributed by atoms with Crippen molar-refractivity contribution in [1.29, 1.82) is 0 Å². The van der Waals surface area contributed by atoms with Gasteiger partial charge in [0, 0.05) is 36.2 Å². The van der Waals surface area contributed by atoms with Crippen LogP contribution in [0.5, 0.6) is 0 Å². The first kappa shape index (κ1) is 12.4. The molecule has 0 unspecified atom stereocenters. The highest BCUT2D eigenvalue weighted by Gasteiger charge is 2.04. The molecule has 0 fully saturated rings. The zero-order valence-electron chi connectivity index (χ0n) is 11.3. The molecule has 3 rings (SSSR count). The molecular weight excluding hydrogens is 248 g/mol. The zero-order valence-corrected chi connectivity index (χ0v) is 11.3. The molecule has 2 aromatic heterocycles. The summed E-state index contributed by atoms with van der Waals surface area (Å²) in [7, 11) is 0. The summed E-state index contributed by atoms with van der Waals surface area (Å²) in [5, 5.41) is 4.49. The largest absolute Gasteiger partial charge is 0.397 e. The van der Waals surface area contributed by atoms with E-state index in [0.717, 1.165) is 23.1 Å². The van der Waals surface area contributed by atoms with Crippen LogP contribution < -0.4 is 11.1 Å². The number of nitrogen functional groups attached to an aromatic ring is 1. The van der Waals surface area contributed by atoms with E-state index in [1.807, 2.05) is 42.7 Å². The van der Waals surface area contributed by atoms with Crippen LogP contribution in [0, 0.1) is 6.92 Å². The Bertz CT molecular complexity index is 752. The van der Waals surface area contributed by atoms with E-state index >= 15 is 0 Å². The molecule has 3 aromatic rings. The third kappa shape index (κ3) is 2.28. The SMILES string of the molecule is Cc1cnccc1CNc1ccnc2c(N)cccc12. The molecule has 0 spiro atoms. The van der Waals surface area contributed by atoms with Crippen LogP contribution in [0.1, 0.15) is 11.1 Å². The number of fused-ring (bicyclic) bond motifs is 1. The van der Waals surface area contributed by atoms with E-state index < -0.39 is 0 Å². The molecule has 0 atom stereocenters. The fourth-order valence-electron chi connectivity index (χ4n) is 2.24. The van der Waals surface area contributed by atoms with Gasteiger partial charge in [-0.15, -0.1) is 0 Å². The Morgan fingerprint density at radius 1 is 1.15 bits per heavy atom. The van der Waals surface area contributed by atoms with Gasteiger partial charge < -0.3 is 11.1 Å². The van der Waals surface area contributed by atoms with Crippen LogP contribution in [0.15, 0.2) is 48.9 Å². The fourth-order valence-corrected chi connectivity index (χ4v) is 2.24. The molecule has 100 valence electrons. The Morgan fingerprint density at radius 3 is 2.90 bits per heavy atom. The maximum absolute atomic E-state index is 5.96. The molecule has 3 N–H and O–H groups in total. The van der Waals surface area contributed by atoms with Crippen molar-refractivity contribution in [2.75, 3.05) is 11.1 Å². The van der Waals surface area contributed by atoms with Gasteiger partial charge in [-0.2, -0.15) is 0 Å². The standard InChI is InChI=1S/C16H16N4/c1-11-9-18-7-5-12(11)10-20-15-6-8-19-16-13(15)3-2-4-14(16)17/h2-9H,10,17H2,1H3,(H,19,20). The highest BCUT2D eigenvalue weighted by molar-refractivity contribution is 5.97. The normalized spacial score (nSPS) is 10.7. The van der Waals surface area contributed by atoms with Gasteiger partial charge in [0.05, 0.1) is 11.2 Å². The van der Waals surface area contributed by atoms with Crippen molar-refractivity contribution < 1.29 is 0 Å². The summed E-state index contributed by atoms with van der Waals surface area (Å²) in [5.74, 6) is 0. The van der Waals surface area contributed by atoms with Crippen LogP contribution >= 0.6 is 0 Å². The number of nitrogens with zero attached hydrogens (tertiary/aromatic N) is 2. The van der Waals surface area contributed by atoms with Crippen molar-refractivity contribution in [1.82, 2.24) is 9.97 Å². The van der Waals surface area contributed by atoms with E-state index in [4.69, 9.17) is 5.73 Å². The van der Waals surface area contributed by atoms with E-state index in [1.165, 1.54) is 11.1 Å². The first-order valence-electron chi connectivity index (χ1n) is 6.52. The number of pyridine rings is 2. The van der Waals surface area contributed by atoms with Gasteiger partial charge in [0.25, 0.3) is 0 Å². The van der Waals surface area contributed by atoms with Crippen molar-refractivity contribution in [3.63, 3.8) is 0 Å². The summed E-state index contributed by atoms with van der Waals surface area (Å²) in [6.07, 6.45) is 5.47. The third-order valence-electron chi connectivity index (χ3n) is 3.41. The summed E-state index contributed by atoms with van der Waals surface area (Å²) < 4.78 is 0. The van der Waals surface area contributed by atoms with Gasteiger partial charge in [-0.3, -0.25) is 9.97 Å². The van der Waals surface area contributed by atoms with Crippen LogP contribution in [0.25, 0.3) is 10.9 Å². The first-order chi connectivity index (χ1) is 9.75. The lowest BCUT2D eigenvalue weighted by atomic mass is 10.1. The average molecular weight is 264 g/mol. The number of hydrogen-bond donors (Lipinski definition) is 2. The van der Waals surface area contributed by atoms with Crippen LogP contribution in [-0.2, 0) is 6.54 Å². The number of rotatable bonds is 3. The quantitative estimate of drug-likeness (QED) is 0.713. The Balaban J connectivity index is 1.92. The van der Waals surface area contributed by atoms with E-state index in [1.54, 1.807) is 6.20 Å². The fraction of sp³-hybridized carbons (Fsp3) is 0.125. The Morgan fingerprint density at radius 2 is 2.05 bits per heavy atom. The molecular formula is C16H16N4. The van der Waals surface area contributed by atoms with Crippen LogP contribution in [0.4, 0.5) is 11.4 Å². The third-order valence-corrected chi connectivity index (χ3v) is 3.41. The van der Waals surface area contributed by atoms with Gasteiger partial charge in [-0.25, -0.2) is 0 Å². The Labute approximate surface area is 117 Å². The second-order valence-electron chi connectivity index (χ2n) is 4.76. The molecule has 0 aliphatic rings. The number of nitrogens with one attached hydrogen (secondary N) is 1. The van der Waals surface area contributed by atoms with Crippen LogP contribution in [-0.4, -0.2) is 9.97 Å². The molecule has 20 heavy (non-hydrogen) atoms. The monoisotopic (exact) mass is 264 g/mol. The molecule has 4 nitrogen and oxygen atoms in total. The Hall–Kier alpha value is -2.62. The summed E-state index contributed by atoms with van der Waals surface area (Å²) in [6.45, 7) is 2.81. The highest BCUT2D eigenvalue weighted by Crippen LogP contribution is 2.25. The van der Waals surface area contributed by atoms with Crippen molar-refractivity contribution in [2.45, 2.75) is 13.5 Å². The van der Waals surface area contributed by atoms with Gasteiger partial charge in [0.2, 0.25) is 0 Å². The molecule has 0 aliphatic heterocycles. The minimum atomic E-state index is 0.700. The van der Waals surface area contributed by atoms with Crippen molar-refractivity contribution in [3.05, 3.63) is 60.0 Å². The predicted molar refractivity (Wildman–Crippen MR) is 82.5 cm³/mol. The van der Waals surface area contributed by atoms with Gasteiger partial charge >= 0.3 is 0 Å². The lowest BCUT2D eigenvalue weighted by Crippen LogP contribution is -2.02. The molecule has 1 aromatic carbocycles. The lowest BCUT2D eigenvalue weighted by Gasteiger charge is -2.11. The van der Waals surface area contributed by atoms with Crippen molar-refractivity contribution >= 4 is 22.3 Å². The summed E-state index contributed by atoms with van der Waals surface area (Å²) >= 11 is 0. The molecule has 4 heteroatoms. The van der Waals surface area contributed by atoms with Gasteiger partial charge in [0.15, 0.2) is 0 Å². The maximum Gasteiger partial charge on any atom is 0.0951 e. The second-order valence-corrected chi connectivity index (χ2v) is 4.76. The molecule has 0 saturated carbocycles. The first-order valence-corrected chi connectivity index (χ1v) is 6.52. The van der Waals surface area contributed by atoms with Crippen LogP contribution in [0.3, 0.4) is 0 Å². The predicted octanol–water partition coefficient (Wildman–Crippen LogP) is 3.13. The molecule has 0 bridgehead atoms. The number of aryl methyl sites for hydroxylation is 1. The number of benzene rings is 1. The number of aromatic nitrogens is 2. The van der Waals surface area contributed by atoms with E-state index in [2.05, 4.69) is 22.2 Å². The second kappa shape index (κ2) is 5.17. The number of hydrogen-bond acceptors (Lipinski definition) is 4. The maximum atomic E-state index is 5.96. The molecule has 2 heterocycles. The van der Waals surface area contributed by atoms with Crippen molar-refractivity contribution in [3.8, 4) is 0 Å². The molecule has 0 amide bonds. The summed E-state index contributed by atoms with van der Waals surface area (Å²) in [5.41, 5.74) is 10.9. The molecule has 0 radical (unpaired) electrons. The number of para-hydroxylation sites is 1. The topological polar surface area (TPSA) is 63.8 Å². The summed E-state index contributed by atoms with van der Waals surface area (Å²) in [6, 6.07) is 9.84. The van der Waals surface area contributed by atoms with E-state index in [0.29, 0.717) is 5.69 Å². The summed E-state index contributed by atoms with van der Waals surface area (Å²) in [4.78, 5) is 8.45. The minimum absolute atomic E-state index is 0.700. The van der Waals surface area contributed by atoms with Gasteiger partial charge in [-0.05, 0) is 36.2 Å².